The van der Waals surface area contributed by atoms with Gasteiger partial charge < -0.3 is 14.8 Å². The zero-order valence-electron chi connectivity index (χ0n) is 19.8. The SMILES string of the molecule is CC1(C)COc2cc(-c3cccc4ncccc34)ccc2C1NC(=O)O[C@@H]1CN2CCC1CC2. The fraction of sp³-hybridized carbons (Fsp3) is 0.429. The van der Waals surface area contributed by atoms with Gasteiger partial charge in [0.25, 0.3) is 0 Å². The van der Waals surface area contributed by atoms with Gasteiger partial charge in [-0.05, 0) is 61.2 Å². The summed E-state index contributed by atoms with van der Waals surface area (Å²) in [6, 6.07) is 16.3. The van der Waals surface area contributed by atoms with E-state index < -0.39 is 0 Å². The van der Waals surface area contributed by atoms with Gasteiger partial charge >= 0.3 is 6.09 Å². The Kier molecular flexibility index (Phi) is 5.21. The number of hydrogen-bond donors (Lipinski definition) is 1. The van der Waals surface area contributed by atoms with Crippen molar-refractivity contribution in [2.24, 2.45) is 11.3 Å². The Labute approximate surface area is 200 Å². The molecule has 5 heterocycles. The second-order valence-corrected chi connectivity index (χ2v) is 10.6. The van der Waals surface area contributed by atoms with Crippen LogP contribution in [0.3, 0.4) is 0 Å². The number of hydrogen-bond acceptors (Lipinski definition) is 5. The van der Waals surface area contributed by atoms with Gasteiger partial charge in [-0.3, -0.25) is 9.88 Å². The molecule has 34 heavy (non-hydrogen) atoms. The zero-order valence-corrected chi connectivity index (χ0v) is 19.8. The Hall–Kier alpha value is -3.12. The highest BCUT2D eigenvalue weighted by Crippen LogP contribution is 2.44. The summed E-state index contributed by atoms with van der Waals surface area (Å²) in [4.78, 5) is 19.9. The van der Waals surface area contributed by atoms with Crippen molar-refractivity contribution in [2.75, 3.05) is 26.2 Å². The lowest BCUT2D eigenvalue weighted by Gasteiger charge is -2.44. The quantitative estimate of drug-likeness (QED) is 0.587. The molecule has 7 rings (SSSR count). The van der Waals surface area contributed by atoms with Crippen LogP contribution in [-0.2, 0) is 4.74 Å². The van der Waals surface area contributed by atoms with E-state index >= 15 is 0 Å². The van der Waals surface area contributed by atoms with Crippen LogP contribution in [0.4, 0.5) is 4.79 Å². The first-order chi connectivity index (χ1) is 16.5. The number of carbonyl (C=O) groups excluding carboxylic acids is 1. The summed E-state index contributed by atoms with van der Waals surface area (Å²) in [7, 11) is 0. The fourth-order valence-corrected chi connectivity index (χ4v) is 5.80. The van der Waals surface area contributed by atoms with E-state index in [1.54, 1.807) is 0 Å². The first kappa shape index (κ1) is 21.4. The molecule has 0 spiro atoms. The standard InChI is InChI=1S/C28H31N3O3/c1-28(2)17-33-24-15-19(20-5-3-7-23-21(20)6-4-12-29-23)8-9-22(24)26(28)30-27(32)34-25-16-31-13-10-18(25)11-14-31/h3-9,12,15,18,25-26H,10-11,13-14,16-17H2,1-2H3,(H,30,32)/t25-,26?/m1/s1. The van der Waals surface area contributed by atoms with E-state index in [1.807, 2.05) is 24.4 Å². The first-order valence-corrected chi connectivity index (χ1v) is 12.3. The molecular formula is C28H31N3O3. The van der Waals surface area contributed by atoms with Crippen molar-refractivity contribution < 1.29 is 14.3 Å². The third-order valence-electron chi connectivity index (χ3n) is 7.78. The molecular weight excluding hydrogens is 426 g/mol. The highest BCUT2D eigenvalue weighted by molar-refractivity contribution is 5.94. The topological polar surface area (TPSA) is 63.7 Å². The molecule has 0 aliphatic carbocycles. The second kappa shape index (κ2) is 8.27. The number of rotatable bonds is 3. The Balaban J connectivity index is 1.26. The smallest absolute Gasteiger partial charge is 0.407 e. The largest absolute Gasteiger partial charge is 0.493 e. The summed E-state index contributed by atoms with van der Waals surface area (Å²) >= 11 is 0. The second-order valence-electron chi connectivity index (χ2n) is 10.6. The van der Waals surface area contributed by atoms with Crippen molar-refractivity contribution in [3.63, 3.8) is 0 Å². The van der Waals surface area contributed by atoms with Crippen LogP contribution in [0.1, 0.15) is 38.3 Å². The van der Waals surface area contributed by atoms with Gasteiger partial charge in [0.15, 0.2) is 0 Å². The minimum atomic E-state index is -0.325. The monoisotopic (exact) mass is 457 g/mol. The maximum absolute atomic E-state index is 13.0. The molecule has 1 unspecified atom stereocenters. The molecule has 0 radical (unpaired) electrons. The van der Waals surface area contributed by atoms with E-state index in [4.69, 9.17) is 9.47 Å². The molecule has 176 valence electrons. The van der Waals surface area contributed by atoms with Crippen LogP contribution < -0.4 is 10.1 Å². The van der Waals surface area contributed by atoms with Crippen LogP contribution in [0.2, 0.25) is 0 Å². The Morgan fingerprint density at radius 3 is 2.79 bits per heavy atom. The van der Waals surface area contributed by atoms with Crippen LogP contribution >= 0.6 is 0 Å². The maximum Gasteiger partial charge on any atom is 0.407 e. The molecule has 2 aromatic carbocycles. The number of carbonyl (C=O) groups is 1. The summed E-state index contributed by atoms with van der Waals surface area (Å²) in [5.74, 6) is 1.30. The number of piperidine rings is 3. The Morgan fingerprint density at radius 1 is 1.15 bits per heavy atom. The van der Waals surface area contributed by atoms with E-state index in [0.717, 1.165) is 65.8 Å². The number of ether oxygens (including phenoxy) is 2. The van der Waals surface area contributed by atoms with Crippen molar-refractivity contribution in [3.05, 3.63) is 60.3 Å². The van der Waals surface area contributed by atoms with Gasteiger partial charge in [-0.15, -0.1) is 0 Å². The predicted molar refractivity (Wildman–Crippen MR) is 132 cm³/mol. The van der Waals surface area contributed by atoms with E-state index in [-0.39, 0.29) is 23.7 Å². The van der Waals surface area contributed by atoms with Crippen LogP contribution in [0.15, 0.2) is 54.7 Å². The Morgan fingerprint density at radius 2 is 2.00 bits per heavy atom. The van der Waals surface area contributed by atoms with Gasteiger partial charge in [0.1, 0.15) is 11.9 Å². The molecule has 1 N–H and O–H groups in total. The number of benzene rings is 2. The lowest BCUT2D eigenvalue weighted by atomic mass is 9.78. The minimum absolute atomic E-state index is 0.00716. The van der Waals surface area contributed by atoms with Crippen LogP contribution in [0, 0.1) is 11.3 Å². The van der Waals surface area contributed by atoms with Gasteiger partial charge in [0, 0.05) is 29.1 Å². The van der Waals surface area contributed by atoms with Gasteiger partial charge in [0.2, 0.25) is 0 Å². The van der Waals surface area contributed by atoms with Gasteiger partial charge in [0.05, 0.1) is 18.2 Å². The molecule has 4 aliphatic heterocycles. The highest BCUT2D eigenvalue weighted by Gasteiger charge is 2.41. The van der Waals surface area contributed by atoms with Gasteiger partial charge in [-0.2, -0.15) is 0 Å². The number of alkyl carbamates (subject to hydrolysis) is 1. The average Bonchev–Trinajstić information content (AvgIpc) is 2.86. The van der Waals surface area contributed by atoms with Crippen LogP contribution in [0.5, 0.6) is 5.75 Å². The third kappa shape index (κ3) is 3.80. The number of fused-ring (bicyclic) bond motifs is 5. The van der Waals surface area contributed by atoms with E-state index in [2.05, 4.69) is 59.4 Å². The summed E-state index contributed by atoms with van der Waals surface area (Å²) in [5, 5.41) is 4.30. The Bertz CT molecular complexity index is 1230. The average molecular weight is 458 g/mol. The molecule has 3 aromatic rings. The first-order valence-electron chi connectivity index (χ1n) is 12.3. The molecule has 4 aliphatic rings. The molecule has 3 fully saturated rings. The molecule has 2 atom stereocenters. The molecule has 6 heteroatoms. The summed E-state index contributed by atoms with van der Waals surface area (Å²) in [6.45, 7) is 7.88. The number of aromatic nitrogens is 1. The maximum atomic E-state index is 13.0. The summed E-state index contributed by atoms with van der Waals surface area (Å²) in [5.41, 5.74) is 3.89. The number of nitrogens with one attached hydrogen (secondary N) is 1. The van der Waals surface area contributed by atoms with Gasteiger partial charge in [-0.1, -0.05) is 44.2 Å². The summed E-state index contributed by atoms with van der Waals surface area (Å²) < 4.78 is 12.1. The molecule has 1 amide bonds. The minimum Gasteiger partial charge on any atom is -0.493 e. The lowest BCUT2D eigenvalue weighted by molar-refractivity contribution is -0.0361. The van der Waals surface area contributed by atoms with Crippen molar-refractivity contribution in [3.8, 4) is 16.9 Å². The van der Waals surface area contributed by atoms with Crippen molar-refractivity contribution in [1.82, 2.24) is 15.2 Å². The normalized spacial score (nSPS) is 27.0. The fourth-order valence-electron chi connectivity index (χ4n) is 5.80. The molecule has 0 saturated carbocycles. The van der Waals surface area contributed by atoms with E-state index in [9.17, 15) is 4.79 Å². The zero-order chi connectivity index (χ0) is 23.3. The van der Waals surface area contributed by atoms with Gasteiger partial charge in [-0.25, -0.2) is 4.79 Å². The number of amides is 1. The number of nitrogens with zero attached hydrogens (tertiary/aromatic N) is 2. The molecule has 1 aromatic heterocycles. The molecule has 3 saturated heterocycles. The summed E-state index contributed by atoms with van der Waals surface area (Å²) in [6.07, 6.45) is 3.72. The predicted octanol–water partition coefficient (Wildman–Crippen LogP) is 5.18. The van der Waals surface area contributed by atoms with Crippen LogP contribution in [0.25, 0.3) is 22.0 Å². The highest BCUT2D eigenvalue weighted by atomic mass is 16.6. The van der Waals surface area contributed by atoms with E-state index in [0.29, 0.717) is 12.5 Å². The molecule has 2 bridgehead atoms. The van der Waals surface area contributed by atoms with Crippen LogP contribution in [-0.4, -0.2) is 48.3 Å². The lowest BCUT2D eigenvalue weighted by Crippen LogP contribution is -2.53. The molecule has 6 nitrogen and oxygen atoms in total. The van der Waals surface area contributed by atoms with Crippen molar-refractivity contribution in [1.29, 1.82) is 0 Å². The number of pyridine rings is 1. The third-order valence-corrected chi connectivity index (χ3v) is 7.78. The van der Waals surface area contributed by atoms with E-state index in [1.165, 1.54) is 0 Å². The van der Waals surface area contributed by atoms with Crippen molar-refractivity contribution in [2.45, 2.75) is 38.8 Å². The van der Waals surface area contributed by atoms with Crippen molar-refractivity contribution >= 4 is 17.0 Å².